The average molecular weight is 340 g/mol. The van der Waals surface area contributed by atoms with Crippen LogP contribution in [-0.2, 0) is 14.8 Å². The molecule has 0 bridgehead atoms. The molecule has 22 heavy (non-hydrogen) atoms. The highest BCUT2D eigenvalue weighted by molar-refractivity contribution is 7.90. The number of ether oxygens (including phenoxy) is 1. The van der Waals surface area contributed by atoms with E-state index >= 15 is 0 Å². The number of aryl methyl sites for hydroxylation is 1. The molecule has 0 atom stereocenters. The van der Waals surface area contributed by atoms with Gasteiger partial charge in [0.2, 0.25) is 0 Å². The Hall–Kier alpha value is -2.05. The van der Waals surface area contributed by atoms with E-state index in [1.54, 1.807) is 18.2 Å². The maximum atomic E-state index is 12.0. The van der Waals surface area contributed by atoms with Crippen LogP contribution >= 0.6 is 11.6 Å². The van der Waals surface area contributed by atoms with E-state index in [1.165, 1.54) is 24.3 Å². The Bertz CT molecular complexity index is 772. The topological polar surface area (TPSA) is 72.5 Å². The number of carbonyl (C=O) groups is 1. The van der Waals surface area contributed by atoms with Crippen molar-refractivity contribution in [1.29, 1.82) is 0 Å². The molecule has 0 radical (unpaired) electrons. The first kappa shape index (κ1) is 16.3. The minimum atomic E-state index is -3.93. The lowest BCUT2D eigenvalue weighted by molar-refractivity contribution is -0.121. The van der Waals surface area contributed by atoms with Gasteiger partial charge in [-0.25, -0.2) is 13.1 Å². The van der Waals surface area contributed by atoms with Crippen molar-refractivity contribution in [3.8, 4) is 5.75 Å². The first-order valence-corrected chi connectivity index (χ1v) is 8.23. The number of amides is 1. The summed E-state index contributed by atoms with van der Waals surface area (Å²) in [4.78, 5) is 11.7. The molecule has 0 fully saturated rings. The van der Waals surface area contributed by atoms with Gasteiger partial charge in [-0.1, -0.05) is 23.7 Å². The molecule has 0 spiro atoms. The second-order valence-electron chi connectivity index (χ2n) is 4.59. The van der Waals surface area contributed by atoms with Gasteiger partial charge in [0.25, 0.3) is 15.9 Å². The SMILES string of the molecule is Cc1cccc(OCC(=O)NS(=O)(=O)c2ccc(Cl)cc2)c1. The average Bonchev–Trinajstić information content (AvgIpc) is 2.45. The van der Waals surface area contributed by atoms with Gasteiger partial charge in [-0.3, -0.25) is 4.79 Å². The summed E-state index contributed by atoms with van der Waals surface area (Å²) < 4.78 is 31.2. The third-order valence-electron chi connectivity index (χ3n) is 2.73. The van der Waals surface area contributed by atoms with Crippen molar-refractivity contribution in [2.24, 2.45) is 0 Å². The minimum absolute atomic E-state index is 0.0409. The van der Waals surface area contributed by atoms with Crippen molar-refractivity contribution in [2.45, 2.75) is 11.8 Å². The molecular weight excluding hydrogens is 326 g/mol. The Morgan fingerprint density at radius 3 is 2.50 bits per heavy atom. The van der Waals surface area contributed by atoms with Crippen LogP contribution in [-0.4, -0.2) is 20.9 Å². The molecule has 0 aliphatic rings. The Morgan fingerprint density at radius 2 is 1.86 bits per heavy atom. The molecule has 2 aromatic carbocycles. The number of carbonyl (C=O) groups excluding carboxylic acids is 1. The van der Waals surface area contributed by atoms with Gasteiger partial charge in [-0.05, 0) is 48.9 Å². The largest absolute Gasteiger partial charge is 0.484 e. The van der Waals surface area contributed by atoms with E-state index in [9.17, 15) is 13.2 Å². The molecule has 1 amide bonds. The first-order chi connectivity index (χ1) is 10.4. The van der Waals surface area contributed by atoms with Gasteiger partial charge in [-0.15, -0.1) is 0 Å². The van der Waals surface area contributed by atoms with Crippen molar-refractivity contribution in [3.63, 3.8) is 0 Å². The van der Waals surface area contributed by atoms with Crippen LogP contribution in [0.3, 0.4) is 0 Å². The van der Waals surface area contributed by atoms with Crippen molar-refractivity contribution in [1.82, 2.24) is 4.72 Å². The second kappa shape index (κ2) is 6.81. The molecule has 1 N–H and O–H groups in total. The summed E-state index contributed by atoms with van der Waals surface area (Å²) in [5, 5.41) is 0.410. The highest BCUT2D eigenvalue weighted by Crippen LogP contribution is 2.14. The third-order valence-corrected chi connectivity index (χ3v) is 4.37. The van der Waals surface area contributed by atoms with E-state index in [2.05, 4.69) is 0 Å². The molecule has 0 aromatic heterocycles. The maximum Gasteiger partial charge on any atom is 0.271 e. The summed E-state index contributed by atoms with van der Waals surface area (Å²) in [5.74, 6) is -0.254. The molecule has 5 nitrogen and oxygen atoms in total. The number of halogens is 1. The summed E-state index contributed by atoms with van der Waals surface area (Å²) >= 11 is 5.70. The number of benzene rings is 2. The fourth-order valence-corrected chi connectivity index (χ4v) is 2.80. The van der Waals surface area contributed by atoms with Gasteiger partial charge in [0.1, 0.15) is 5.75 Å². The predicted molar refractivity (Wildman–Crippen MR) is 83.5 cm³/mol. The van der Waals surface area contributed by atoms with Gasteiger partial charge >= 0.3 is 0 Å². The number of hydrogen-bond acceptors (Lipinski definition) is 4. The molecule has 116 valence electrons. The molecule has 2 aromatic rings. The molecule has 0 saturated heterocycles. The van der Waals surface area contributed by atoms with E-state index in [1.807, 2.05) is 17.7 Å². The van der Waals surface area contributed by atoms with Crippen molar-refractivity contribution >= 4 is 27.5 Å². The standard InChI is InChI=1S/C15H14ClNO4S/c1-11-3-2-4-13(9-11)21-10-15(18)17-22(19,20)14-7-5-12(16)6-8-14/h2-9H,10H2,1H3,(H,17,18). The third kappa shape index (κ3) is 4.47. The van der Waals surface area contributed by atoms with Crippen LogP contribution in [0.4, 0.5) is 0 Å². The van der Waals surface area contributed by atoms with Crippen LogP contribution in [0, 0.1) is 6.92 Å². The van der Waals surface area contributed by atoms with Gasteiger partial charge in [-0.2, -0.15) is 0 Å². The zero-order chi connectivity index (χ0) is 16.2. The van der Waals surface area contributed by atoms with Crippen molar-refractivity contribution < 1.29 is 17.9 Å². The summed E-state index contributed by atoms with van der Waals surface area (Å²) in [6.45, 7) is 1.49. The molecule has 0 unspecified atom stereocenters. The lowest BCUT2D eigenvalue weighted by atomic mass is 10.2. The van der Waals surface area contributed by atoms with Gasteiger partial charge in [0.15, 0.2) is 6.61 Å². The monoisotopic (exact) mass is 339 g/mol. The van der Waals surface area contributed by atoms with Crippen LogP contribution in [0.5, 0.6) is 5.75 Å². The van der Waals surface area contributed by atoms with Gasteiger partial charge in [0, 0.05) is 5.02 Å². The quantitative estimate of drug-likeness (QED) is 0.908. The number of sulfonamides is 1. The molecule has 2 rings (SSSR count). The van der Waals surface area contributed by atoms with Crippen LogP contribution in [0.25, 0.3) is 0 Å². The lowest BCUT2D eigenvalue weighted by Crippen LogP contribution is -2.34. The van der Waals surface area contributed by atoms with E-state index in [4.69, 9.17) is 16.3 Å². The number of rotatable bonds is 5. The fourth-order valence-electron chi connectivity index (χ4n) is 1.71. The predicted octanol–water partition coefficient (Wildman–Crippen LogP) is 2.53. The normalized spacial score (nSPS) is 11.0. The van der Waals surface area contributed by atoms with E-state index < -0.39 is 22.5 Å². The van der Waals surface area contributed by atoms with E-state index in [0.29, 0.717) is 10.8 Å². The highest BCUT2D eigenvalue weighted by Gasteiger charge is 2.17. The minimum Gasteiger partial charge on any atom is -0.484 e. The highest BCUT2D eigenvalue weighted by atomic mass is 35.5. The molecule has 0 aliphatic carbocycles. The van der Waals surface area contributed by atoms with Crippen LogP contribution in [0.15, 0.2) is 53.4 Å². The Kier molecular flexibility index (Phi) is 5.05. The van der Waals surface area contributed by atoms with Gasteiger partial charge < -0.3 is 4.74 Å². The summed E-state index contributed by atoms with van der Waals surface area (Å²) in [6, 6.07) is 12.6. The molecule has 7 heteroatoms. The van der Waals surface area contributed by atoms with Crippen LogP contribution in [0.1, 0.15) is 5.56 Å². The Balaban J connectivity index is 1.97. The lowest BCUT2D eigenvalue weighted by Gasteiger charge is -2.09. The van der Waals surface area contributed by atoms with E-state index in [-0.39, 0.29) is 4.90 Å². The fraction of sp³-hybridized carbons (Fsp3) is 0.133. The number of nitrogens with one attached hydrogen (secondary N) is 1. The number of hydrogen-bond donors (Lipinski definition) is 1. The van der Waals surface area contributed by atoms with Crippen molar-refractivity contribution in [3.05, 3.63) is 59.1 Å². The van der Waals surface area contributed by atoms with Crippen molar-refractivity contribution in [2.75, 3.05) is 6.61 Å². The Morgan fingerprint density at radius 1 is 1.18 bits per heavy atom. The molecular formula is C15H14ClNO4S. The molecule has 0 saturated carbocycles. The smallest absolute Gasteiger partial charge is 0.271 e. The van der Waals surface area contributed by atoms with Gasteiger partial charge in [0.05, 0.1) is 4.90 Å². The maximum absolute atomic E-state index is 12.0. The zero-order valence-corrected chi connectivity index (χ0v) is 13.3. The van der Waals surface area contributed by atoms with Crippen LogP contribution < -0.4 is 9.46 Å². The molecule has 0 aliphatic heterocycles. The zero-order valence-electron chi connectivity index (χ0n) is 11.7. The van der Waals surface area contributed by atoms with E-state index in [0.717, 1.165) is 5.56 Å². The summed E-state index contributed by atoms with van der Waals surface area (Å²) in [7, 11) is -3.93. The first-order valence-electron chi connectivity index (χ1n) is 6.37. The van der Waals surface area contributed by atoms with Crippen LogP contribution in [0.2, 0.25) is 5.02 Å². The molecule has 0 heterocycles. The summed E-state index contributed by atoms with van der Waals surface area (Å²) in [5.41, 5.74) is 0.978. The Labute approximate surface area is 133 Å². The summed E-state index contributed by atoms with van der Waals surface area (Å²) in [6.07, 6.45) is 0. The second-order valence-corrected chi connectivity index (χ2v) is 6.71.